The van der Waals surface area contributed by atoms with E-state index in [9.17, 15) is 0 Å². The van der Waals surface area contributed by atoms with Crippen LogP contribution in [0.2, 0.25) is 10.0 Å². The van der Waals surface area contributed by atoms with Gasteiger partial charge in [-0.15, -0.1) is 0 Å². The lowest BCUT2D eigenvalue weighted by Gasteiger charge is -2.26. The molecule has 0 radical (unpaired) electrons. The molecule has 0 atom stereocenters. The quantitative estimate of drug-likeness (QED) is 0.843. The zero-order valence-electron chi connectivity index (χ0n) is 10.8. The molecule has 4 heteroatoms. The van der Waals surface area contributed by atoms with E-state index < -0.39 is 0 Å². The van der Waals surface area contributed by atoms with Crippen molar-refractivity contribution in [2.45, 2.75) is 27.3 Å². The number of nitrogens with zero attached hydrogens (tertiary/aromatic N) is 1. The van der Waals surface area contributed by atoms with Gasteiger partial charge in [0.25, 0.3) is 0 Å². The van der Waals surface area contributed by atoms with Gasteiger partial charge in [-0.3, -0.25) is 0 Å². The van der Waals surface area contributed by atoms with Crippen LogP contribution in [-0.2, 0) is 6.54 Å². The van der Waals surface area contributed by atoms with Crippen molar-refractivity contribution >= 4 is 28.9 Å². The number of hydrogen-bond donors (Lipinski definition) is 1. The smallest absolute Gasteiger partial charge is 0.0693 e. The van der Waals surface area contributed by atoms with E-state index in [1.54, 1.807) is 0 Å². The molecule has 2 N–H and O–H groups in total. The summed E-state index contributed by atoms with van der Waals surface area (Å²) in [6.07, 6.45) is 0. The molecule has 0 bridgehead atoms. The Morgan fingerprint density at radius 1 is 1.18 bits per heavy atom. The molecule has 0 saturated heterocycles. The molecule has 0 aromatic heterocycles. The molecule has 17 heavy (non-hydrogen) atoms. The van der Waals surface area contributed by atoms with Gasteiger partial charge in [-0.05, 0) is 30.2 Å². The highest BCUT2D eigenvalue weighted by Crippen LogP contribution is 2.29. The van der Waals surface area contributed by atoms with Gasteiger partial charge >= 0.3 is 0 Å². The molecule has 0 aliphatic rings. The van der Waals surface area contributed by atoms with Gasteiger partial charge in [0.1, 0.15) is 0 Å². The highest BCUT2D eigenvalue weighted by Gasteiger charge is 2.14. The molecule has 96 valence electrons. The maximum Gasteiger partial charge on any atom is 0.0693 e. The Morgan fingerprint density at radius 3 is 2.06 bits per heavy atom. The van der Waals surface area contributed by atoms with E-state index in [-0.39, 0.29) is 5.41 Å². The summed E-state index contributed by atoms with van der Waals surface area (Å²) in [5, 5.41) is 1.05. The Kier molecular flexibility index (Phi) is 4.70. The molecule has 2 nitrogen and oxygen atoms in total. The summed E-state index contributed by atoms with van der Waals surface area (Å²) in [5.74, 6) is 0. The number of nitrogens with two attached hydrogens (primary N) is 1. The lowest BCUT2D eigenvalue weighted by molar-refractivity contribution is 0.221. The van der Waals surface area contributed by atoms with Crippen molar-refractivity contribution < 1.29 is 0 Å². The summed E-state index contributed by atoms with van der Waals surface area (Å²) >= 11 is 12.0. The van der Waals surface area contributed by atoms with Gasteiger partial charge in [0.2, 0.25) is 0 Å². The van der Waals surface area contributed by atoms with Crippen molar-refractivity contribution in [3.05, 3.63) is 27.7 Å². The summed E-state index contributed by atoms with van der Waals surface area (Å²) in [6, 6.07) is 3.75. The minimum atomic E-state index is 0.274. The van der Waals surface area contributed by atoms with Crippen LogP contribution in [0.25, 0.3) is 0 Å². The third-order valence-corrected chi connectivity index (χ3v) is 2.96. The molecule has 1 rings (SSSR count). The second kappa shape index (κ2) is 5.47. The van der Waals surface area contributed by atoms with E-state index in [1.807, 2.05) is 12.1 Å². The fraction of sp³-hybridized carbons (Fsp3) is 0.538. The van der Waals surface area contributed by atoms with Crippen LogP contribution in [0.5, 0.6) is 0 Å². The predicted octanol–water partition coefficient (Wildman–Crippen LogP) is 4.05. The monoisotopic (exact) mass is 274 g/mol. The minimum Gasteiger partial charge on any atom is -0.396 e. The van der Waals surface area contributed by atoms with E-state index in [4.69, 9.17) is 28.9 Å². The number of rotatable bonds is 3. The summed E-state index contributed by atoms with van der Waals surface area (Å²) < 4.78 is 0. The van der Waals surface area contributed by atoms with Crippen molar-refractivity contribution in [1.82, 2.24) is 4.90 Å². The molecule has 0 aliphatic carbocycles. The normalized spacial score (nSPS) is 12.2. The summed E-state index contributed by atoms with van der Waals surface area (Å²) in [4.78, 5) is 2.25. The van der Waals surface area contributed by atoms with Crippen molar-refractivity contribution in [2.24, 2.45) is 5.41 Å². The SMILES string of the molecule is CN(Cc1cc(Cl)c(N)c(Cl)c1)CC(C)(C)C. The number of halogens is 2. The summed E-state index contributed by atoms with van der Waals surface area (Å²) in [6.45, 7) is 8.47. The van der Waals surface area contributed by atoms with Crippen LogP contribution >= 0.6 is 23.2 Å². The van der Waals surface area contributed by atoms with E-state index in [0.29, 0.717) is 15.7 Å². The van der Waals surface area contributed by atoms with Gasteiger partial charge in [-0.25, -0.2) is 0 Å². The third-order valence-electron chi connectivity index (χ3n) is 2.34. The van der Waals surface area contributed by atoms with E-state index >= 15 is 0 Å². The van der Waals surface area contributed by atoms with Gasteiger partial charge in [0.05, 0.1) is 15.7 Å². The third kappa shape index (κ3) is 4.74. The average molecular weight is 275 g/mol. The Hall–Kier alpha value is -0.440. The number of anilines is 1. The van der Waals surface area contributed by atoms with Crippen LogP contribution in [0.1, 0.15) is 26.3 Å². The summed E-state index contributed by atoms with van der Waals surface area (Å²) in [5.41, 5.74) is 7.52. The van der Waals surface area contributed by atoms with Crippen molar-refractivity contribution in [1.29, 1.82) is 0 Å². The largest absolute Gasteiger partial charge is 0.396 e. The van der Waals surface area contributed by atoms with Crippen molar-refractivity contribution in [2.75, 3.05) is 19.3 Å². The van der Waals surface area contributed by atoms with E-state index in [1.165, 1.54) is 0 Å². The lowest BCUT2D eigenvalue weighted by Crippen LogP contribution is -2.28. The Morgan fingerprint density at radius 2 is 1.65 bits per heavy atom. The van der Waals surface area contributed by atoms with Crippen LogP contribution < -0.4 is 5.73 Å². The van der Waals surface area contributed by atoms with Gasteiger partial charge < -0.3 is 10.6 Å². The number of benzene rings is 1. The van der Waals surface area contributed by atoms with Crippen LogP contribution in [-0.4, -0.2) is 18.5 Å². The van der Waals surface area contributed by atoms with Crippen LogP contribution in [0, 0.1) is 5.41 Å². The van der Waals surface area contributed by atoms with Crippen molar-refractivity contribution in [3.8, 4) is 0 Å². The van der Waals surface area contributed by atoms with Gasteiger partial charge in [-0.1, -0.05) is 44.0 Å². The summed E-state index contributed by atoms with van der Waals surface area (Å²) in [7, 11) is 2.09. The molecule has 0 amide bonds. The molecule has 1 aromatic carbocycles. The first-order valence-electron chi connectivity index (χ1n) is 5.61. The Bertz CT molecular complexity index is 374. The topological polar surface area (TPSA) is 29.3 Å². The second-order valence-corrected chi connectivity index (χ2v) is 6.52. The predicted molar refractivity (Wildman–Crippen MR) is 76.7 cm³/mol. The maximum atomic E-state index is 6.01. The number of hydrogen-bond acceptors (Lipinski definition) is 2. The van der Waals surface area contributed by atoms with Gasteiger partial charge in [0.15, 0.2) is 0 Å². The van der Waals surface area contributed by atoms with E-state index in [2.05, 4.69) is 32.7 Å². The molecule has 0 heterocycles. The molecule has 0 unspecified atom stereocenters. The Balaban J connectivity index is 2.76. The average Bonchev–Trinajstić information content (AvgIpc) is 2.10. The lowest BCUT2D eigenvalue weighted by atomic mass is 9.96. The molecular formula is C13H20Cl2N2. The number of nitrogen functional groups attached to an aromatic ring is 1. The molecule has 1 aromatic rings. The van der Waals surface area contributed by atoms with E-state index in [0.717, 1.165) is 18.7 Å². The fourth-order valence-corrected chi connectivity index (χ4v) is 2.44. The Labute approximate surface area is 114 Å². The highest BCUT2D eigenvalue weighted by atomic mass is 35.5. The fourth-order valence-electron chi connectivity index (χ4n) is 1.91. The standard InChI is InChI=1S/C13H20Cl2N2/c1-13(2,3)8-17(4)7-9-5-10(14)12(16)11(15)6-9/h5-6H,7-8,16H2,1-4H3. The van der Waals surface area contributed by atoms with Gasteiger partial charge in [-0.2, -0.15) is 0 Å². The first-order chi connectivity index (χ1) is 7.69. The first kappa shape index (κ1) is 14.6. The van der Waals surface area contributed by atoms with Crippen LogP contribution in [0.3, 0.4) is 0 Å². The van der Waals surface area contributed by atoms with Crippen molar-refractivity contribution in [3.63, 3.8) is 0 Å². The molecule has 0 spiro atoms. The first-order valence-corrected chi connectivity index (χ1v) is 6.36. The minimum absolute atomic E-state index is 0.274. The zero-order valence-corrected chi connectivity index (χ0v) is 12.4. The van der Waals surface area contributed by atoms with Gasteiger partial charge in [0, 0.05) is 13.1 Å². The van der Waals surface area contributed by atoms with Crippen LogP contribution in [0.4, 0.5) is 5.69 Å². The molecular weight excluding hydrogens is 255 g/mol. The highest BCUT2D eigenvalue weighted by molar-refractivity contribution is 6.38. The molecule has 0 fully saturated rings. The van der Waals surface area contributed by atoms with Crippen LogP contribution in [0.15, 0.2) is 12.1 Å². The second-order valence-electron chi connectivity index (χ2n) is 5.71. The molecule has 0 aliphatic heterocycles. The maximum absolute atomic E-state index is 6.01. The zero-order chi connectivity index (χ0) is 13.2. The molecule has 0 saturated carbocycles.